The van der Waals surface area contributed by atoms with Crippen LogP contribution in [-0.4, -0.2) is 39.0 Å². The second kappa shape index (κ2) is 11.5. The molecule has 2 amide bonds. The third-order valence-corrected chi connectivity index (χ3v) is 6.60. The molecule has 1 unspecified atom stereocenters. The van der Waals surface area contributed by atoms with Crippen molar-refractivity contribution in [3.8, 4) is 11.3 Å². The number of nitrogen functional groups attached to an aromatic ring is 1. The number of nitrogens with one attached hydrogen (secondary N) is 3. The first kappa shape index (κ1) is 29.4. The van der Waals surface area contributed by atoms with Crippen LogP contribution in [0.1, 0.15) is 30.9 Å². The summed E-state index contributed by atoms with van der Waals surface area (Å²) in [5.74, 6) is -5.26. The fraction of sp³-hybridized carbons (Fsp3) is 0.259. The number of hydrogen-bond donors (Lipinski definition) is 5. The lowest BCUT2D eigenvalue weighted by atomic mass is 9.93. The molecule has 1 fully saturated rings. The number of nitrogens with zero attached hydrogens (tertiary/aromatic N) is 2. The fourth-order valence-electron chi connectivity index (χ4n) is 4.34. The number of aliphatic hydroxyl groups is 1. The first-order valence-electron chi connectivity index (χ1n) is 12.3. The van der Waals surface area contributed by atoms with Gasteiger partial charge < -0.3 is 26.8 Å². The Balaban J connectivity index is 1.72. The van der Waals surface area contributed by atoms with Crippen LogP contribution in [0.2, 0.25) is 0 Å². The normalized spacial score (nSPS) is 17.6. The van der Waals surface area contributed by atoms with E-state index in [9.17, 15) is 36.6 Å². The topological polar surface area (TPSA) is 142 Å². The van der Waals surface area contributed by atoms with Crippen molar-refractivity contribution in [1.29, 1.82) is 0 Å². The molecule has 2 aromatic carbocycles. The summed E-state index contributed by atoms with van der Waals surface area (Å²) < 4.78 is 68.2. The third kappa shape index (κ3) is 6.43. The van der Waals surface area contributed by atoms with Gasteiger partial charge in [0, 0.05) is 17.7 Å². The zero-order valence-corrected chi connectivity index (χ0v) is 21.6. The maximum absolute atomic E-state index is 14.1. The molecule has 6 N–H and O–H groups in total. The molecule has 1 aliphatic heterocycles. The van der Waals surface area contributed by atoms with Crippen LogP contribution < -0.4 is 21.7 Å². The number of aliphatic hydroxyl groups excluding tert-OH is 1. The van der Waals surface area contributed by atoms with Crippen LogP contribution >= 0.6 is 0 Å². The van der Waals surface area contributed by atoms with Gasteiger partial charge in [-0.3, -0.25) is 14.6 Å². The van der Waals surface area contributed by atoms with Gasteiger partial charge in [0.05, 0.1) is 34.9 Å². The average Bonchev–Trinajstić information content (AvgIpc) is 3.37. The van der Waals surface area contributed by atoms with Crippen LogP contribution in [-0.2, 0) is 22.3 Å². The van der Waals surface area contributed by atoms with Crippen LogP contribution in [0.15, 0.2) is 60.1 Å². The summed E-state index contributed by atoms with van der Waals surface area (Å²) in [6.45, 7) is 1.52. The summed E-state index contributed by atoms with van der Waals surface area (Å²) in [4.78, 5) is 34.6. The lowest BCUT2D eigenvalue weighted by Gasteiger charge is -2.26. The highest BCUT2D eigenvalue weighted by Gasteiger charge is 2.39. The number of alkyl halides is 3. The highest BCUT2D eigenvalue weighted by molar-refractivity contribution is 6.23. The molecule has 9 nitrogen and oxygen atoms in total. The van der Waals surface area contributed by atoms with Gasteiger partial charge in [-0.15, -0.1) is 0 Å². The highest BCUT2D eigenvalue weighted by atomic mass is 19.4. The predicted molar refractivity (Wildman–Crippen MR) is 139 cm³/mol. The molecule has 41 heavy (non-hydrogen) atoms. The second-order valence-corrected chi connectivity index (χ2v) is 9.52. The Morgan fingerprint density at radius 1 is 1.12 bits per heavy atom. The van der Waals surface area contributed by atoms with Gasteiger partial charge in [0.25, 0.3) is 11.8 Å². The van der Waals surface area contributed by atoms with Gasteiger partial charge in [0.2, 0.25) is 0 Å². The van der Waals surface area contributed by atoms with Gasteiger partial charge in [0.1, 0.15) is 17.2 Å². The van der Waals surface area contributed by atoms with Crippen LogP contribution in [0.4, 0.5) is 33.5 Å². The Bertz CT molecular complexity index is 1500. The van der Waals surface area contributed by atoms with Crippen molar-refractivity contribution < 1.29 is 36.6 Å². The number of carbonyl (C=O) groups is 2. The molecular weight excluding hydrogens is 551 g/mol. The van der Waals surface area contributed by atoms with Crippen molar-refractivity contribution in [2.45, 2.75) is 38.0 Å². The van der Waals surface area contributed by atoms with E-state index in [-0.39, 0.29) is 28.3 Å². The van der Waals surface area contributed by atoms with E-state index in [0.29, 0.717) is 19.4 Å². The molecule has 1 aromatic heterocycles. The molecule has 14 heteroatoms. The maximum Gasteiger partial charge on any atom is 0.416 e. The minimum Gasteiger partial charge on any atom is -0.509 e. The zero-order valence-electron chi connectivity index (χ0n) is 21.6. The van der Waals surface area contributed by atoms with E-state index in [0.717, 1.165) is 36.7 Å². The molecule has 0 saturated carbocycles. The fourth-order valence-corrected chi connectivity index (χ4v) is 4.34. The minimum atomic E-state index is -4.73. The number of aromatic nitrogens is 2. The predicted octanol–water partition coefficient (Wildman–Crippen LogP) is 4.23. The first-order valence-corrected chi connectivity index (χ1v) is 12.3. The van der Waals surface area contributed by atoms with E-state index in [2.05, 4.69) is 25.9 Å². The van der Waals surface area contributed by atoms with Crippen molar-refractivity contribution in [2.24, 2.45) is 0 Å². The molecule has 0 bridgehead atoms. The van der Waals surface area contributed by atoms with E-state index in [1.165, 1.54) is 12.1 Å². The Morgan fingerprint density at radius 2 is 1.88 bits per heavy atom. The van der Waals surface area contributed by atoms with E-state index in [1.54, 1.807) is 6.92 Å². The molecule has 0 radical (unpaired) electrons. The van der Waals surface area contributed by atoms with Crippen LogP contribution in [0.3, 0.4) is 0 Å². The number of nitrogens with two attached hydrogens (primary N) is 1. The first-order chi connectivity index (χ1) is 19.3. The van der Waals surface area contributed by atoms with Gasteiger partial charge in [-0.25, -0.2) is 13.8 Å². The van der Waals surface area contributed by atoms with Gasteiger partial charge >= 0.3 is 6.18 Å². The number of anilines is 2. The summed E-state index contributed by atoms with van der Waals surface area (Å²) in [6.07, 6.45) is -1.53. The monoisotopic (exact) mass is 576 g/mol. The quantitative estimate of drug-likeness (QED) is 0.0932. The molecule has 2 heterocycles. The van der Waals surface area contributed by atoms with Crippen LogP contribution in [0.5, 0.6) is 0 Å². The van der Waals surface area contributed by atoms with Gasteiger partial charge in [-0.2, -0.15) is 13.2 Å². The molecule has 4 rings (SSSR count). The number of halogens is 5. The standard InChI is InChI=1S/C27H25F5N6O3/c1-26(8-3-9-37-26)23(39)21(24(40)36-11-14-4-2-5-17(28)22(14)29)25(41)38-18-7-6-15(27(30,31)32)10-16(18)19-12-35-20(33)13-34-19/h2,4-7,10,12-13,37,39H,3,8-9,11H2,1H3,(H2,33,35)(H,36,40)(H,38,41). The number of hydrogen-bond acceptors (Lipinski definition) is 7. The largest absolute Gasteiger partial charge is 0.509 e. The third-order valence-electron chi connectivity index (χ3n) is 6.60. The second-order valence-electron chi connectivity index (χ2n) is 9.52. The van der Waals surface area contributed by atoms with Gasteiger partial charge in [-0.1, -0.05) is 12.1 Å². The molecule has 1 atom stereocenters. The lowest BCUT2D eigenvalue weighted by Crippen LogP contribution is -2.43. The van der Waals surface area contributed by atoms with Crippen LogP contribution in [0.25, 0.3) is 11.3 Å². The Morgan fingerprint density at radius 3 is 2.51 bits per heavy atom. The van der Waals surface area contributed by atoms with E-state index in [1.807, 2.05) is 0 Å². The molecule has 1 saturated heterocycles. The molecule has 0 spiro atoms. The summed E-state index contributed by atoms with van der Waals surface area (Å²) >= 11 is 0. The van der Waals surface area contributed by atoms with Crippen molar-refractivity contribution in [2.75, 3.05) is 17.6 Å². The molecule has 0 aliphatic carbocycles. The smallest absolute Gasteiger partial charge is 0.416 e. The van der Waals surface area contributed by atoms with Crippen LogP contribution in [0, 0.1) is 11.6 Å². The Hall–Kier alpha value is -4.59. The zero-order chi connectivity index (χ0) is 29.9. The minimum absolute atomic E-state index is 0.00478. The highest BCUT2D eigenvalue weighted by Crippen LogP contribution is 2.36. The van der Waals surface area contributed by atoms with Gasteiger partial charge in [0.15, 0.2) is 11.6 Å². The van der Waals surface area contributed by atoms with Crippen molar-refractivity contribution >= 4 is 23.3 Å². The number of rotatable bonds is 7. The molecule has 3 aromatic rings. The van der Waals surface area contributed by atoms with E-state index < -0.39 is 58.6 Å². The Kier molecular flexibility index (Phi) is 8.24. The molecular formula is C27H25F5N6O3. The van der Waals surface area contributed by atoms with E-state index in [4.69, 9.17) is 5.73 Å². The summed E-state index contributed by atoms with van der Waals surface area (Å²) in [5.41, 5.74) is 1.90. The number of amides is 2. The summed E-state index contributed by atoms with van der Waals surface area (Å²) in [5, 5.41) is 18.8. The average molecular weight is 577 g/mol. The Labute approximate surface area is 230 Å². The number of benzene rings is 2. The van der Waals surface area contributed by atoms with Crippen molar-refractivity contribution in [3.05, 3.63) is 82.9 Å². The van der Waals surface area contributed by atoms with Crippen molar-refractivity contribution in [1.82, 2.24) is 20.6 Å². The van der Waals surface area contributed by atoms with E-state index >= 15 is 0 Å². The lowest BCUT2D eigenvalue weighted by molar-refractivity contribution is -0.137. The number of carbonyl (C=O) groups excluding carboxylic acids is 2. The maximum atomic E-state index is 14.1. The SMILES string of the molecule is CC1(C(O)=C(C(=O)NCc2cccc(F)c2F)C(=O)Nc2ccc(C(F)(F)F)cc2-c2cnc(N)cn2)CCCN1. The van der Waals surface area contributed by atoms with Gasteiger partial charge in [-0.05, 0) is 50.6 Å². The van der Waals surface area contributed by atoms with Crippen molar-refractivity contribution in [3.63, 3.8) is 0 Å². The molecule has 216 valence electrons. The summed E-state index contributed by atoms with van der Waals surface area (Å²) in [7, 11) is 0. The molecule has 1 aliphatic rings. The summed E-state index contributed by atoms with van der Waals surface area (Å²) in [6, 6.07) is 5.79.